The minimum atomic E-state index is -3.38. The molecular formula is C13H18ClNO2S. The Kier molecular flexibility index (Phi) is 3.99. The average molecular weight is 288 g/mol. The first kappa shape index (κ1) is 13.8. The quantitative estimate of drug-likeness (QED) is 0.909. The van der Waals surface area contributed by atoms with Gasteiger partial charge in [-0.1, -0.05) is 24.6 Å². The fraction of sp³-hybridized carbons (Fsp3) is 0.538. The predicted molar refractivity (Wildman–Crippen MR) is 73.4 cm³/mol. The Bertz CT molecular complexity index is 530. The minimum absolute atomic E-state index is 0.273. The fourth-order valence-corrected chi connectivity index (χ4v) is 4.87. The van der Waals surface area contributed by atoms with E-state index in [1.165, 1.54) is 6.07 Å². The molecule has 3 atom stereocenters. The summed E-state index contributed by atoms with van der Waals surface area (Å²) in [4.78, 5) is 0.282. The molecule has 0 heterocycles. The lowest BCUT2D eigenvalue weighted by Gasteiger charge is -2.32. The first-order valence-electron chi connectivity index (χ1n) is 6.16. The van der Waals surface area contributed by atoms with Crippen LogP contribution in [0, 0.1) is 5.92 Å². The highest BCUT2D eigenvalue weighted by Gasteiger charge is 2.36. The van der Waals surface area contributed by atoms with E-state index in [0.29, 0.717) is 17.4 Å². The van der Waals surface area contributed by atoms with Crippen molar-refractivity contribution in [3.05, 3.63) is 29.3 Å². The van der Waals surface area contributed by atoms with Crippen LogP contribution in [0.15, 0.2) is 29.2 Å². The standard InChI is InChI=1S/C13H18ClNO2S/c1-9-5-6-12(15)13(7-9)18(16,17)11-4-2-3-10(14)8-11/h2-4,8-9,12-13H,5-7,15H2,1H3. The third-order valence-electron chi connectivity index (χ3n) is 3.63. The van der Waals surface area contributed by atoms with Crippen molar-refractivity contribution in [2.75, 3.05) is 0 Å². The van der Waals surface area contributed by atoms with E-state index in [0.717, 1.165) is 12.8 Å². The lowest BCUT2D eigenvalue weighted by Crippen LogP contribution is -2.44. The summed E-state index contributed by atoms with van der Waals surface area (Å²) in [6.45, 7) is 2.08. The lowest BCUT2D eigenvalue weighted by atomic mass is 9.87. The van der Waals surface area contributed by atoms with Crippen LogP contribution in [0.4, 0.5) is 0 Å². The Morgan fingerprint density at radius 1 is 1.33 bits per heavy atom. The van der Waals surface area contributed by atoms with Gasteiger partial charge in [-0.2, -0.15) is 0 Å². The van der Waals surface area contributed by atoms with Crippen molar-refractivity contribution >= 4 is 21.4 Å². The highest BCUT2D eigenvalue weighted by atomic mass is 35.5. The van der Waals surface area contributed by atoms with E-state index in [1.807, 2.05) is 0 Å². The third-order valence-corrected chi connectivity index (χ3v) is 6.11. The first-order chi connectivity index (χ1) is 8.41. The summed E-state index contributed by atoms with van der Waals surface area (Å²) in [7, 11) is -3.38. The molecule has 2 rings (SSSR count). The Morgan fingerprint density at radius 2 is 2.06 bits per heavy atom. The van der Waals surface area contributed by atoms with Crippen molar-refractivity contribution in [1.29, 1.82) is 0 Å². The largest absolute Gasteiger partial charge is 0.327 e. The Morgan fingerprint density at radius 3 is 2.72 bits per heavy atom. The summed E-state index contributed by atoms with van der Waals surface area (Å²) in [5.74, 6) is 0.406. The molecule has 0 radical (unpaired) electrons. The van der Waals surface area contributed by atoms with Crippen molar-refractivity contribution in [3.8, 4) is 0 Å². The summed E-state index contributed by atoms with van der Waals surface area (Å²) < 4.78 is 25.1. The van der Waals surface area contributed by atoms with E-state index in [2.05, 4.69) is 6.92 Å². The molecule has 0 bridgehead atoms. The van der Waals surface area contributed by atoms with Crippen molar-refractivity contribution in [2.24, 2.45) is 11.7 Å². The van der Waals surface area contributed by atoms with Gasteiger partial charge in [0.1, 0.15) is 0 Å². The molecule has 18 heavy (non-hydrogen) atoms. The molecule has 3 nitrogen and oxygen atoms in total. The second-order valence-electron chi connectivity index (χ2n) is 5.12. The maximum Gasteiger partial charge on any atom is 0.182 e. The third kappa shape index (κ3) is 2.71. The van der Waals surface area contributed by atoms with Crippen LogP contribution < -0.4 is 5.73 Å². The molecule has 1 aromatic carbocycles. The molecule has 2 N–H and O–H groups in total. The second kappa shape index (κ2) is 5.19. The summed E-state index contributed by atoms with van der Waals surface area (Å²) in [5, 5.41) is -0.0479. The van der Waals surface area contributed by atoms with Crippen LogP contribution in [-0.2, 0) is 9.84 Å². The number of sulfone groups is 1. The average Bonchev–Trinajstić information content (AvgIpc) is 2.32. The summed E-state index contributed by atoms with van der Waals surface area (Å²) in [5.41, 5.74) is 5.99. The molecule has 1 saturated carbocycles. The number of halogens is 1. The summed E-state index contributed by atoms with van der Waals surface area (Å²) >= 11 is 5.86. The van der Waals surface area contributed by atoms with E-state index in [-0.39, 0.29) is 10.9 Å². The van der Waals surface area contributed by atoms with Gasteiger partial charge in [-0.25, -0.2) is 8.42 Å². The van der Waals surface area contributed by atoms with Crippen molar-refractivity contribution in [2.45, 2.75) is 42.4 Å². The van der Waals surface area contributed by atoms with Gasteiger partial charge in [-0.05, 0) is 43.4 Å². The van der Waals surface area contributed by atoms with E-state index < -0.39 is 15.1 Å². The monoisotopic (exact) mass is 287 g/mol. The van der Waals surface area contributed by atoms with Crippen molar-refractivity contribution < 1.29 is 8.42 Å². The van der Waals surface area contributed by atoms with Gasteiger partial charge in [0, 0.05) is 11.1 Å². The van der Waals surface area contributed by atoms with Crippen LogP contribution in [0.25, 0.3) is 0 Å². The van der Waals surface area contributed by atoms with Crippen LogP contribution in [0.5, 0.6) is 0 Å². The van der Waals surface area contributed by atoms with E-state index >= 15 is 0 Å². The molecule has 1 fully saturated rings. The lowest BCUT2D eigenvalue weighted by molar-refractivity contribution is 0.346. The predicted octanol–water partition coefficient (Wildman–Crippen LogP) is 2.63. The topological polar surface area (TPSA) is 60.2 Å². The highest BCUT2D eigenvalue weighted by molar-refractivity contribution is 7.92. The zero-order valence-electron chi connectivity index (χ0n) is 10.3. The SMILES string of the molecule is CC1CCC(N)C(S(=O)(=O)c2cccc(Cl)c2)C1. The zero-order valence-corrected chi connectivity index (χ0v) is 11.9. The molecule has 0 amide bonds. The number of rotatable bonds is 2. The van der Waals surface area contributed by atoms with Gasteiger partial charge in [0.05, 0.1) is 10.1 Å². The van der Waals surface area contributed by atoms with E-state index in [1.54, 1.807) is 18.2 Å². The number of hydrogen-bond acceptors (Lipinski definition) is 3. The van der Waals surface area contributed by atoms with Gasteiger partial charge < -0.3 is 5.73 Å². The first-order valence-corrected chi connectivity index (χ1v) is 8.08. The number of nitrogens with two attached hydrogens (primary N) is 1. The molecule has 1 aliphatic rings. The smallest absolute Gasteiger partial charge is 0.182 e. The van der Waals surface area contributed by atoms with Gasteiger partial charge in [0.25, 0.3) is 0 Å². The number of benzene rings is 1. The van der Waals surface area contributed by atoms with Crippen molar-refractivity contribution in [1.82, 2.24) is 0 Å². The molecule has 5 heteroatoms. The molecule has 1 aromatic rings. The van der Waals surface area contributed by atoms with Gasteiger partial charge in [-0.15, -0.1) is 0 Å². The Labute approximate surface area is 113 Å². The second-order valence-corrected chi connectivity index (χ2v) is 7.73. The van der Waals surface area contributed by atoms with Crippen molar-refractivity contribution in [3.63, 3.8) is 0 Å². The minimum Gasteiger partial charge on any atom is -0.327 e. The van der Waals surface area contributed by atoms with Gasteiger partial charge in [0.15, 0.2) is 9.84 Å². The highest BCUT2D eigenvalue weighted by Crippen LogP contribution is 2.31. The molecule has 0 aliphatic heterocycles. The maximum absolute atomic E-state index is 12.6. The van der Waals surface area contributed by atoms with E-state index in [4.69, 9.17) is 17.3 Å². The molecule has 0 spiro atoms. The summed E-state index contributed by atoms with van der Waals surface area (Å²) in [6, 6.07) is 6.15. The molecule has 100 valence electrons. The molecule has 3 unspecified atom stereocenters. The van der Waals surface area contributed by atoms with Crippen LogP contribution >= 0.6 is 11.6 Å². The van der Waals surface area contributed by atoms with Crippen LogP contribution in [-0.4, -0.2) is 19.7 Å². The molecule has 0 saturated heterocycles. The molecule has 0 aromatic heterocycles. The Balaban J connectivity index is 2.35. The number of hydrogen-bond donors (Lipinski definition) is 1. The van der Waals surface area contributed by atoms with Gasteiger partial charge in [0.2, 0.25) is 0 Å². The summed E-state index contributed by atoms with van der Waals surface area (Å²) in [6.07, 6.45) is 2.41. The van der Waals surface area contributed by atoms with Crippen LogP contribution in [0.2, 0.25) is 5.02 Å². The normalized spacial score (nSPS) is 29.2. The fourth-order valence-electron chi connectivity index (χ4n) is 2.53. The molecule has 1 aliphatic carbocycles. The Hall–Kier alpha value is -0.580. The molecular weight excluding hydrogens is 270 g/mol. The van der Waals surface area contributed by atoms with E-state index in [9.17, 15) is 8.42 Å². The van der Waals surface area contributed by atoms with Crippen LogP contribution in [0.3, 0.4) is 0 Å². The maximum atomic E-state index is 12.6. The zero-order chi connectivity index (χ0) is 13.3. The van der Waals surface area contributed by atoms with Gasteiger partial charge in [-0.3, -0.25) is 0 Å². The van der Waals surface area contributed by atoms with Crippen LogP contribution in [0.1, 0.15) is 26.2 Å². The van der Waals surface area contributed by atoms with Gasteiger partial charge >= 0.3 is 0 Å².